The van der Waals surface area contributed by atoms with Crippen LogP contribution in [0, 0.1) is 0 Å². The zero-order valence-corrected chi connectivity index (χ0v) is 7.42. The lowest BCUT2D eigenvalue weighted by atomic mass is 9.54. The van der Waals surface area contributed by atoms with Gasteiger partial charge in [-0.25, -0.2) is 0 Å². The van der Waals surface area contributed by atoms with Crippen molar-refractivity contribution >= 4 is 22.4 Å². The number of rotatable bonds is 4. The topological polar surface area (TPSA) is 0 Å². The van der Waals surface area contributed by atoms with Gasteiger partial charge in [0.15, 0.2) is 7.28 Å². The monoisotopic (exact) mass is 144 g/mol. The summed E-state index contributed by atoms with van der Waals surface area (Å²) in [6.07, 6.45) is 4.40. The Balaban J connectivity index is 1.96. The Morgan fingerprint density at radius 1 is 1.18 bits per heavy atom. The Bertz CT molecular complexity index is 147. The molecule has 0 bridgehead atoms. The molecule has 0 aromatic carbocycles. The Hall–Kier alpha value is -0.325. The minimum Gasteiger partial charge on any atom is -0.136 e. The standard InChI is InChI=1S/C8H15B3/c9-4-5-10-6-7-11-8-2-1-3-8/h4-8,10-11H,1-3,9H2. The normalized spacial score (nSPS) is 18.9. The summed E-state index contributed by atoms with van der Waals surface area (Å²) in [5.41, 5.74) is 0. The van der Waals surface area contributed by atoms with Crippen molar-refractivity contribution in [2.24, 2.45) is 0 Å². The Morgan fingerprint density at radius 3 is 2.55 bits per heavy atom. The minimum atomic E-state index is 1.02. The van der Waals surface area contributed by atoms with E-state index >= 15 is 0 Å². The maximum absolute atomic E-state index is 2.34. The largest absolute Gasteiger partial charge is 0.170 e. The molecule has 0 aliphatic heterocycles. The van der Waals surface area contributed by atoms with E-state index in [2.05, 4.69) is 31.7 Å². The second kappa shape index (κ2) is 5.34. The van der Waals surface area contributed by atoms with Crippen molar-refractivity contribution < 1.29 is 0 Å². The molecular formula is C8H15B3. The molecule has 0 N–H and O–H groups in total. The second-order valence-corrected chi connectivity index (χ2v) is 3.31. The van der Waals surface area contributed by atoms with Crippen LogP contribution in [-0.2, 0) is 0 Å². The SMILES string of the molecule is BC=CBC=CBC1CCC1. The van der Waals surface area contributed by atoms with E-state index in [-0.39, 0.29) is 0 Å². The van der Waals surface area contributed by atoms with Gasteiger partial charge < -0.3 is 0 Å². The molecule has 0 saturated heterocycles. The number of hydrogen-bond acceptors (Lipinski definition) is 0. The summed E-state index contributed by atoms with van der Waals surface area (Å²) in [6.45, 7) is 0. The molecule has 0 atom stereocenters. The molecule has 0 nitrogen and oxygen atoms in total. The summed E-state index contributed by atoms with van der Waals surface area (Å²) < 4.78 is 0. The highest BCUT2D eigenvalue weighted by atomic mass is 14.1. The van der Waals surface area contributed by atoms with Crippen molar-refractivity contribution in [2.45, 2.75) is 25.1 Å². The molecule has 56 valence electrons. The average Bonchev–Trinajstić information content (AvgIpc) is 1.93. The first-order chi connectivity index (χ1) is 5.43. The third kappa shape index (κ3) is 3.55. The van der Waals surface area contributed by atoms with Crippen molar-refractivity contribution in [1.82, 2.24) is 0 Å². The van der Waals surface area contributed by atoms with Gasteiger partial charge in [0.25, 0.3) is 0 Å². The molecule has 0 heterocycles. The first-order valence-corrected chi connectivity index (χ1v) is 4.69. The van der Waals surface area contributed by atoms with Gasteiger partial charge >= 0.3 is 0 Å². The van der Waals surface area contributed by atoms with Crippen LogP contribution in [0.25, 0.3) is 0 Å². The summed E-state index contributed by atoms with van der Waals surface area (Å²) in [4.78, 5) is 0. The minimum absolute atomic E-state index is 1.02. The highest BCUT2D eigenvalue weighted by molar-refractivity contribution is 6.53. The zero-order valence-electron chi connectivity index (χ0n) is 7.42. The lowest BCUT2D eigenvalue weighted by Crippen LogP contribution is -2.10. The van der Waals surface area contributed by atoms with Crippen LogP contribution in [0.1, 0.15) is 19.3 Å². The summed E-state index contributed by atoms with van der Waals surface area (Å²) in [5.74, 6) is 9.93. The second-order valence-electron chi connectivity index (χ2n) is 3.31. The fraction of sp³-hybridized carbons (Fsp3) is 0.500. The summed E-state index contributed by atoms with van der Waals surface area (Å²) >= 11 is 0. The number of hydrogen-bond donors (Lipinski definition) is 0. The molecule has 1 aliphatic rings. The molecule has 0 amide bonds. The quantitative estimate of drug-likeness (QED) is 0.500. The zero-order chi connectivity index (χ0) is 7.94. The van der Waals surface area contributed by atoms with E-state index in [9.17, 15) is 0 Å². The smallest absolute Gasteiger partial charge is 0.136 e. The highest BCUT2D eigenvalue weighted by Gasteiger charge is 2.15. The molecule has 1 fully saturated rings. The Kier molecular flexibility index (Phi) is 4.26. The Labute approximate surface area is 72.0 Å². The van der Waals surface area contributed by atoms with Gasteiger partial charge in [0.2, 0.25) is 0 Å². The van der Waals surface area contributed by atoms with Gasteiger partial charge in [-0.15, -0.1) is 23.9 Å². The molecule has 1 saturated carbocycles. The van der Waals surface area contributed by atoms with Gasteiger partial charge in [-0.2, -0.15) is 0 Å². The molecule has 3 heteroatoms. The Morgan fingerprint density at radius 2 is 2.00 bits per heavy atom. The first-order valence-electron chi connectivity index (χ1n) is 4.69. The molecule has 0 spiro atoms. The van der Waals surface area contributed by atoms with Crippen LogP contribution in [0.2, 0.25) is 5.82 Å². The van der Waals surface area contributed by atoms with E-state index in [1.165, 1.54) is 26.5 Å². The van der Waals surface area contributed by atoms with Crippen LogP contribution >= 0.6 is 0 Å². The van der Waals surface area contributed by atoms with Gasteiger partial charge in [-0.05, 0) is 0 Å². The molecule has 0 aromatic heterocycles. The molecule has 11 heavy (non-hydrogen) atoms. The first kappa shape index (κ1) is 8.77. The predicted molar refractivity (Wildman–Crippen MR) is 58.7 cm³/mol. The van der Waals surface area contributed by atoms with Gasteiger partial charge in [0.1, 0.15) is 15.1 Å². The van der Waals surface area contributed by atoms with Crippen LogP contribution in [0.15, 0.2) is 23.9 Å². The van der Waals surface area contributed by atoms with Gasteiger partial charge in [-0.3, -0.25) is 0 Å². The van der Waals surface area contributed by atoms with Gasteiger partial charge in [-0.1, -0.05) is 25.1 Å². The van der Waals surface area contributed by atoms with Crippen LogP contribution in [0.3, 0.4) is 0 Å². The van der Waals surface area contributed by atoms with E-state index in [0.29, 0.717) is 0 Å². The predicted octanol–water partition coefficient (Wildman–Crippen LogP) is 0.407. The van der Waals surface area contributed by atoms with Crippen molar-refractivity contribution in [3.8, 4) is 0 Å². The fourth-order valence-electron chi connectivity index (χ4n) is 1.33. The molecule has 0 radical (unpaired) electrons. The van der Waals surface area contributed by atoms with Crippen molar-refractivity contribution in [3.05, 3.63) is 23.9 Å². The van der Waals surface area contributed by atoms with E-state index in [0.717, 1.165) is 13.1 Å². The van der Waals surface area contributed by atoms with Crippen LogP contribution < -0.4 is 0 Å². The molecular weight excluding hydrogens is 129 g/mol. The molecule has 1 rings (SSSR count). The van der Waals surface area contributed by atoms with Gasteiger partial charge in [0.05, 0.1) is 0 Å². The van der Waals surface area contributed by atoms with E-state index < -0.39 is 0 Å². The van der Waals surface area contributed by atoms with Crippen molar-refractivity contribution in [2.75, 3.05) is 0 Å². The lowest BCUT2D eigenvalue weighted by molar-refractivity contribution is 0.501. The van der Waals surface area contributed by atoms with Gasteiger partial charge in [0, 0.05) is 0 Å². The maximum atomic E-state index is 2.34. The molecule has 0 unspecified atom stereocenters. The maximum Gasteiger partial charge on any atom is 0.170 e. The van der Waals surface area contributed by atoms with Crippen molar-refractivity contribution in [3.63, 3.8) is 0 Å². The van der Waals surface area contributed by atoms with E-state index in [1.54, 1.807) is 0 Å². The molecule has 1 aliphatic carbocycles. The summed E-state index contributed by atoms with van der Waals surface area (Å²) in [5, 5.41) is 0. The summed E-state index contributed by atoms with van der Waals surface area (Å²) in [7, 11) is 4.50. The third-order valence-corrected chi connectivity index (χ3v) is 2.37. The summed E-state index contributed by atoms with van der Waals surface area (Å²) in [6, 6.07) is 0. The third-order valence-electron chi connectivity index (χ3n) is 2.37. The molecule has 0 aromatic rings. The van der Waals surface area contributed by atoms with Crippen LogP contribution in [-0.4, -0.2) is 22.4 Å². The highest BCUT2D eigenvalue weighted by Crippen LogP contribution is 2.31. The average molecular weight is 144 g/mol. The fourth-order valence-corrected chi connectivity index (χ4v) is 1.33. The van der Waals surface area contributed by atoms with E-state index in [1.807, 2.05) is 0 Å². The van der Waals surface area contributed by atoms with E-state index in [4.69, 9.17) is 0 Å². The van der Waals surface area contributed by atoms with Crippen LogP contribution in [0.4, 0.5) is 0 Å². The van der Waals surface area contributed by atoms with Crippen LogP contribution in [0.5, 0.6) is 0 Å². The van der Waals surface area contributed by atoms with Crippen molar-refractivity contribution in [1.29, 1.82) is 0 Å². The lowest BCUT2D eigenvalue weighted by Gasteiger charge is -2.22.